The summed E-state index contributed by atoms with van der Waals surface area (Å²) < 4.78 is 12.7. The lowest BCUT2D eigenvalue weighted by Gasteiger charge is -2.10. The number of nitrogens with zero attached hydrogens (tertiary/aromatic N) is 5. The van der Waals surface area contributed by atoms with Gasteiger partial charge < -0.3 is 9.47 Å². The Bertz CT molecular complexity index is 923. The number of nitro groups is 1. The Hall–Kier alpha value is -3.75. The highest BCUT2D eigenvalue weighted by atomic mass is 16.6. The topological polar surface area (TPSA) is 105 Å². The summed E-state index contributed by atoms with van der Waals surface area (Å²) in [7, 11) is 0. The molecular weight excluding hydrogens is 350 g/mol. The summed E-state index contributed by atoms with van der Waals surface area (Å²) >= 11 is 0. The van der Waals surface area contributed by atoms with Gasteiger partial charge >= 0.3 is 0 Å². The van der Waals surface area contributed by atoms with Crippen LogP contribution in [0.25, 0.3) is 0 Å². The van der Waals surface area contributed by atoms with Crippen molar-refractivity contribution in [3.63, 3.8) is 0 Å². The second kappa shape index (κ2) is 8.56. The van der Waals surface area contributed by atoms with Gasteiger partial charge in [0, 0.05) is 17.7 Å². The molecule has 0 N–H and O–H groups in total. The Morgan fingerprint density at radius 3 is 2.52 bits per heavy atom. The van der Waals surface area contributed by atoms with Crippen molar-refractivity contribution in [2.45, 2.75) is 6.92 Å². The van der Waals surface area contributed by atoms with Crippen LogP contribution in [0.2, 0.25) is 0 Å². The van der Waals surface area contributed by atoms with Crippen molar-refractivity contribution in [2.75, 3.05) is 13.2 Å². The molecule has 0 fully saturated rings. The van der Waals surface area contributed by atoms with Crippen LogP contribution in [0.3, 0.4) is 0 Å². The van der Waals surface area contributed by atoms with Crippen LogP contribution >= 0.6 is 0 Å². The lowest BCUT2D eigenvalue weighted by molar-refractivity contribution is -0.384. The third-order valence-electron chi connectivity index (χ3n) is 3.57. The second-order valence-corrected chi connectivity index (χ2v) is 5.58. The van der Waals surface area contributed by atoms with E-state index in [4.69, 9.17) is 9.47 Å². The summed E-state index contributed by atoms with van der Waals surface area (Å²) in [5, 5.41) is 22.4. The maximum atomic E-state index is 11.0. The van der Waals surface area contributed by atoms with Crippen molar-refractivity contribution in [1.29, 1.82) is 0 Å². The van der Waals surface area contributed by atoms with E-state index in [9.17, 15) is 10.1 Å². The average molecular weight is 367 g/mol. The minimum atomic E-state index is -0.472. The van der Waals surface area contributed by atoms with Crippen molar-refractivity contribution in [3.8, 4) is 11.5 Å². The molecule has 0 atom stereocenters. The molecule has 0 amide bonds. The molecule has 0 saturated heterocycles. The van der Waals surface area contributed by atoms with Gasteiger partial charge in [-0.25, -0.2) is 4.68 Å². The highest BCUT2D eigenvalue weighted by Crippen LogP contribution is 2.23. The molecule has 3 rings (SSSR count). The van der Waals surface area contributed by atoms with Gasteiger partial charge in [-0.05, 0) is 25.1 Å². The maximum absolute atomic E-state index is 11.0. The van der Waals surface area contributed by atoms with E-state index in [0.29, 0.717) is 17.9 Å². The fourth-order valence-electron chi connectivity index (χ4n) is 2.21. The molecule has 0 spiro atoms. The normalized spacial score (nSPS) is 10.9. The van der Waals surface area contributed by atoms with Gasteiger partial charge in [-0.1, -0.05) is 17.7 Å². The molecule has 0 aliphatic carbocycles. The summed E-state index contributed by atoms with van der Waals surface area (Å²) in [6.45, 7) is 2.62. The quantitative estimate of drug-likeness (QED) is 0.262. The number of aryl methyl sites for hydroxylation is 1. The van der Waals surface area contributed by atoms with Crippen LogP contribution < -0.4 is 9.47 Å². The number of hydrogen-bond donors (Lipinski definition) is 0. The zero-order valence-corrected chi connectivity index (χ0v) is 14.6. The van der Waals surface area contributed by atoms with Crippen molar-refractivity contribution in [2.24, 2.45) is 5.10 Å². The van der Waals surface area contributed by atoms with Crippen LogP contribution in [0, 0.1) is 17.0 Å². The van der Waals surface area contributed by atoms with Crippen LogP contribution in [0.5, 0.6) is 11.5 Å². The molecule has 0 saturated carbocycles. The van der Waals surface area contributed by atoms with Gasteiger partial charge in [0.15, 0.2) is 0 Å². The van der Waals surface area contributed by atoms with Gasteiger partial charge in [-0.15, -0.1) is 10.2 Å². The SMILES string of the molecule is Cc1ccc(OCCOc2ccc([N+](=O)[O-])cc2C=Nn2cnnc2)cc1. The fourth-order valence-corrected chi connectivity index (χ4v) is 2.21. The lowest BCUT2D eigenvalue weighted by Crippen LogP contribution is -2.10. The number of rotatable bonds is 8. The summed E-state index contributed by atoms with van der Waals surface area (Å²) in [6.07, 6.45) is 4.26. The van der Waals surface area contributed by atoms with Gasteiger partial charge in [0.1, 0.15) is 37.4 Å². The molecule has 9 nitrogen and oxygen atoms in total. The Morgan fingerprint density at radius 1 is 1.11 bits per heavy atom. The number of hydrogen-bond acceptors (Lipinski definition) is 7. The van der Waals surface area contributed by atoms with E-state index < -0.39 is 4.92 Å². The molecule has 0 aliphatic rings. The van der Waals surface area contributed by atoms with E-state index in [-0.39, 0.29) is 12.3 Å². The first-order valence-corrected chi connectivity index (χ1v) is 8.11. The molecule has 0 radical (unpaired) electrons. The summed E-state index contributed by atoms with van der Waals surface area (Å²) in [4.78, 5) is 10.5. The van der Waals surface area contributed by atoms with E-state index in [1.165, 1.54) is 41.7 Å². The van der Waals surface area contributed by atoms with Gasteiger partial charge in [-0.2, -0.15) is 5.10 Å². The molecular formula is C18H17N5O4. The number of ether oxygens (including phenoxy) is 2. The minimum absolute atomic E-state index is 0.0524. The summed E-state index contributed by atoms with van der Waals surface area (Å²) in [5.74, 6) is 1.22. The number of non-ortho nitro benzene ring substituents is 1. The first-order chi connectivity index (χ1) is 13.1. The Balaban J connectivity index is 1.66. The zero-order valence-electron chi connectivity index (χ0n) is 14.6. The molecule has 3 aromatic rings. The van der Waals surface area contributed by atoms with Crippen LogP contribution in [0.1, 0.15) is 11.1 Å². The molecule has 138 valence electrons. The highest BCUT2D eigenvalue weighted by molar-refractivity contribution is 5.84. The summed E-state index contributed by atoms with van der Waals surface area (Å²) in [5.41, 5.74) is 1.57. The predicted octanol–water partition coefficient (Wildman–Crippen LogP) is 2.83. The molecule has 9 heteroatoms. The molecule has 2 aromatic carbocycles. The molecule has 1 aromatic heterocycles. The van der Waals surface area contributed by atoms with E-state index in [0.717, 1.165) is 11.3 Å². The third-order valence-corrected chi connectivity index (χ3v) is 3.57. The average Bonchev–Trinajstić information content (AvgIpc) is 3.19. The molecule has 0 bridgehead atoms. The Labute approximate surface area is 155 Å². The number of aromatic nitrogens is 3. The first-order valence-electron chi connectivity index (χ1n) is 8.11. The smallest absolute Gasteiger partial charge is 0.270 e. The zero-order chi connectivity index (χ0) is 19.1. The summed E-state index contributed by atoms with van der Waals surface area (Å²) in [6, 6.07) is 12.0. The van der Waals surface area contributed by atoms with Crippen molar-refractivity contribution in [3.05, 3.63) is 76.4 Å². The van der Waals surface area contributed by atoms with Crippen LogP contribution in [-0.4, -0.2) is 39.2 Å². The first kappa shape index (κ1) is 18.1. The largest absolute Gasteiger partial charge is 0.490 e. The van der Waals surface area contributed by atoms with Crippen molar-refractivity contribution < 1.29 is 14.4 Å². The van der Waals surface area contributed by atoms with Crippen molar-refractivity contribution in [1.82, 2.24) is 14.9 Å². The van der Waals surface area contributed by atoms with E-state index >= 15 is 0 Å². The van der Waals surface area contributed by atoms with Crippen LogP contribution in [-0.2, 0) is 0 Å². The maximum Gasteiger partial charge on any atom is 0.270 e. The number of benzene rings is 2. The predicted molar refractivity (Wildman–Crippen MR) is 98.3 cm³/mol. The van der Waals surface area contributed by atoms with E-state index in [1.54, 1.807) is 0 Å². The van der Waals surface area contributed by atoms with Gasteiger partial charge in [0.2, 0.25) is 0 Å². The van der Waals surface area contributed by atoms with Gasteiger partial charge in [0.05, 0.1) is 11.1 Å². The fraction of sp³-hybridized carbons (Fsp3) is 0.167. The van der Waals surface area contributed by atoms with E-state index in [1.807, 2.05) is 31.2 Å². The van der Waals surface area contributed by atoms with Crippen LogP contribution in [0.4, 0.5) is 5.69 Å². The number of nitro benzene ring substituents is 1. The molecule has 0 aliphatic heterocycles. The lowest BCUT2D eigenvalue weighted by atomic mass is 10.2. The van der Waals surface area contributed by atoms with Crippen LogP contribution in [0.15, 0.2) is 60.2 Å². The highest BCUT2D eigenvalue weighted by Gasteiger charge is 2.11. The molecule has 0 unspecified atom stereocenters. The van der Waals surface area contributed by atoms with Gasteiger partial charge in [-0.3, -0.25) is 10.1 Å². The molecule has 1 heterocycles. The third kappa shape index (κ3) is 5.11. The van der Waals surface area contributed by atoms with Gasteiger partial charge in [0.25, 0.3) is 5.69 Å². The minimum Gasteiger partial charge on any atom is -0.490 e. The Morgan fingerprint density at radius 2 is 1.81 bits per heavy atom. The van der Waals surface area contributed by atoms with E-state index in [2.05, 4.69) is 15.3 Å². The second-order valence-electron chi connectivity index (χ2n) is 5.58. The van der Waals surface area contributed by atoms with Crippen molar-refractivity contribution >= 4 is 11.9 Å². The standard InChI is InChI=1S/C18H17N5O4/c1-14-2-5-17(6-3-14)26-8-9-27-18-7-4-16(23(24)25)10-15(18)11-21-22-12-19-20-13-22/h2-7,10-13H,8-9H2,1H3. The molecule has 27 heavy (non-hydrogen) atoms. The monoisotopic (exact) mass is 367 g/mol. The Kier molecular flexibility index (Phi) is 5.73.